The molecule has 0 atom stereocenters. The van der Waals surface area contributed by atoms with Gasteiger partial charge in [-0.25, -0.2) is 0 Å². The Morgan fingerprint density at radius 2 is 1.90 bits per heavy atom. The first kappa shape index (κ1) is 15.9. The second-order valence-corrected chi connectivity index (χ2v) is 8.26. The van der Waals surface area contributed by atoms with Gasteiger partial charge in [0.25, 0.3) is 5.91 Å². The van der Waals surface area contributed by atoms with Crippen molar-refractivity contribution < 1.29 is 14.7 Å². The molecule has 0 aromatic carbocycles. The lowest BCUT2D eigenvalue weighted by molar-refractivity contribution is -0.137. The normalized spacial score (nSPS) is 16.4. The number of carbonyl (C=O) groups excluding carboxylic acids is 1. The van der Waals surface area contributed by atoms with Gasteiger partial charge in [-0.3, -0.25) is 14.5 Å². The van der Waals surface area contributed by atoms with Crippen LogP contribution in [0.25, 0.3) is 0 Å². The SMILES string of the molecule is O=C(O)CCN1CCN(C(=O)c2cc(Br)sc2Br)CC1. The number of amides is 1. The van der Waals surface area contributed by atoms with Crippen LogP contribution in [-0.4, -0.2) is 59.5 Å². The lowest BCUT2D eigenvalue weighted by atomic mass is 10.2. The predicted molar refractivity (Wildman–Crippen MR) is 84.3 cm³/mol. The molecule has 110 valence electrons. The number of hydrogen-bond acceptors (Lipinski definition) is 4. The van der Waals surface area contributed by atoms with E-state index >= 15 is 0 Å². The largest absolute Gasteiger partial charge is 0.481 e. The molecule has 5 nitrogen and oxygen atoms in total. The van der Waals surface area contributed by atoms with Crippen LogP contribution in [0.1, 0.15) is 16.8 Å². The van der Waals surface area contributed by atoms with E-state index in [9.17, 15) is 9.59 Å². The Morgan fingerprint density at radius 1 is 1.25 bits per heavy atom. The Hall–Kier alpha value is -0.440. The van der Waals surface area contributed by atoms with Gasteiger partial charge in [-0.15, -0.1) is 11.3 Å². The van der Waals surface area contributed by atoms with Gasteiger partial charge in [0.2, 0.25) is 0 Å². The molecule has 0 spiro atoms. The first-order chi connectivity index (χ1) is 9.47. The van der Waals surface area contributed by atoms with Gasteiger partial charge in [0.15, 0.2) is 0 Å². The molecule has 1 N–H and O–H groups in total. The zero-order valence-corrected chi connectivity index (χ0v) is 14.6. The van der Waals surface area contributed by atoms with E-state index in [1.165, 1.54) is 11.3 Å². The molecule has 0 bridgehead atoms. The monoisotopic (exact) mass is 424 g/mol. The number of halogens is 2. The maximum Gasteiger partial charge on any atom is 0.304 e. The van der Waals surface area contributed by atoms with Gasteiger partial charge in [0.1, 0.15) is 0 Å². The zero-order chi connectivity index (χ0) is 14.7. The van der Waals surface area contributed by atoms with Gasteiger partial charge in [-0.05, 0) is 37.9 Å². The van der Waals surface area contributed by atoms with Crippen molar-refractivity contribution in [3.63, 3.8) is 0 Å². The van der Waals surface area contributed by atoms with Crippen molar-refractivity contribution in [1.29, 1.82) is 0 Å². The molecule has 2 heterocycles. The van der Waals surface area contributed by atoms with Gasteiger partial charge >= 0.3 is 5.97 Å². The van der Waals surface area contributed by atoms with Crippen molar-refractivity contribution in [1.82, 2.24) is 9.80 Å². The molecular formula is C12H14Br2N2O3S. The summed E-state index contributed by atoms with van der Waals surface area (Å²) in [6, 6.07) is 1.83. The van der Waals surface area contributed by atoms with Gasteiger partial charge in [-0.1, -0.05) is 0 Å². The van der Waals surface area contributed by atoms with Crippen LogP contribution < -0.4 is 0 Å². The molecule has 20 heavy (non-hydrogen) atoms. The highest BCUT2D eigenvalue weighted by Crippen LogP contribution is 2.32. The van der Waals surface area contributed by atoms with Crippen molar-refractivity contribution in [3.05, 3.63) is 19.2 Å². The van der Waals surface area contributed by atoms with Crippen molar-refractivity contribution in [3.8, 4) is 0 Å². The second kappa shape index (κ2) is 7.02. The molecule has 1 aliphatic rings. The molecule has 0 radical (unpaired) electrons. The Morgan fingerprint density at radius 3 is 2.40 bits per heavy atom. The molecule has 0 saturated carbocycles. The van der Waals surface area contributed by atoms with Gasteiger partial charge in [-0.2, -0.15) is 0 Å². The van der Waals surface area contributed by atoms with Crippen LogP contribution in [0.15, 0.2) is 13.6 Å². The quantitative estimate of drug-likeness (QED) is 0.804. The van der Waals surface area contributed by atoms with Crippen LogP contribution in [-0.2, 0) is 4.79 Å². The minimum Gasteiger partial charge on any atom is -0.481 e. The van der Waals surface area contributed by atoms with E-state index in [1.807, 2.05) is 11.0 Å². The molecule has 1 amide bonds. The summed E-state index contributed by atoms with van der Waals surface area (Å²) in [5.41, 5.74) is 0.681. The van der Waals surface area contributed by atoms with E-state index in [4.69, 9.17) is 5.11 Å². The number of hydrogen-bond donors (Lipinski definition) is 1. The molecule has 2 rings (SSSR count). The maximum atomic E-state index is 12.4. The summed E-state index contributed by atoms with van der Waals surface area (Å²) in [4.78, 5) is 26.8. The summed E-state index contributed by atoms with van der Waals surface area (Å²) in [5.74, 6) is -0.757. The van der Waals surface area contributed by atoms with E-state index in [1.54, 1.807) is 0 Å². The molecular weight excluding hydrogens is 412 g/mol. The first-order valence-corrected chi connectivity index (χ1v) is 8.56. The number of carboxylic acids is 1. The fourth-order valence-corrected chi connectivity index (χ4v) is 4.86. The average molecular weight is 426 g/mol. The minimum absolute atomic E-state index is 0.0247. The van der Waals surface area contributed by atoms with Gasteiger partial charge < -0.3 is 10.0 Å². The van der Waals surface area contributed by atoms with Crippen molar-refractivity contribution in [2.45, 2.75) is 6.42 Å². The number of thiophene rings is 1. The van der Waals surface area contributed by atoms with Crippen LogP contribution >= 0.6 is 43.2 Å². The highest BCUT2D eigenvalue weighted by atomic mass is 79.9. The summed E-state index contributed by atoms with van der Waals surface area (Å²) < 4.78 is 1.76. The number of rotatable bonds is 4. The van der Waals surface area contributed by atoms with Crippen molar-refractivity contribution >= 4 is 55.1 Å². The average Bonchev–Trinajstić information content (AvgIpc) is 2.75. The summed E-state index contributed by atoms with van der Waals surface area (Å²) in [6.45, 7) is 3.27. The Bertz CT molecular complexity index is 513. The van der Waals surface area contributed by atoms with E-state index < -0.39 is 5.97 Å². The van der Waals surface area contributed by atoms with Crippen LogP contribution in [0.5, 0.6) is 0 Å². The van der Waals surface area contributed by atoms with E-state index in [0.29, 0.717) is 25.2 Å². The van der Waals surface area contributed by atoms with Crippen LogP contribution in [0.3, 0.4) is 0 Å². The van der Waals surface area contributed by atoms with Crippen LogP contribution in [0, 0.1) is 0 Å². The summed E-state index contributed by atoms with van der Waals surface area (Å²) in [7, 11) is 0. The number of nitrogens with zero attached hydrogens (tertiary/aromatic N) is 2. The Balaban J connectivity index is 1.89. The molecule has 0 aliphatic carbocycles. The molecule has 0 unspecified atom stereocenters. The third kappa shape index (κ3) is 4.03. The highest BCUT2D eigenvalue weighted by molar-refractivity contribution is 9.12. The van der Waals surface area contributed by atoms with Crippen molar-refractivity contribution in [2.24, 2.45) is 0 Å². The van der Waals surface area contributed by atoms with E-state index in [-0.39, 0.29) is 12.3 Å². The highest BCUT2D eigenvalue weighted by Gasteiger charge is 2.24. The molecule has 1 aliphatic heterocycles. The number of carbonyl (C=O) groups is 2. The Kier molecular flexibility index (Phi) is 5.59. The van der Waals surface area contributed by atoms with Gasteiger partial charge in [0, 0.05) is 32.7 Å². The van der Waals surface area contributed by atoms with Crippen molar-refractivity contribution in [2.75, 3.05) is 32.7 Å². The lowest BCUT2D eigenvalue weighted by Gasteiger charge is -2.34. The van der Waals surface area contributed by atoms with E-state index in [0.717, 1.165) is 20.7 Å². The fraction of sp³-hybridized carbons (Fsp3) is 0.500. The summed E-state index contributed by atoms with van der Waals surface area (Å²) in [6.07, 6.45) is 0.150. The van der Waals surface area contributed by atoms with Gasteiger partial charge in [0.05, 0.1) is 19.6 Å². The van der Waals surface area contributed by atoms with Crippen LogP contribution in [0.2, 0.25) is 0 Å². The zero-order valence-electron chi connectivity index (χ0n) is 10.6. The molecule has 1 fully saturated rings. The lowest BCUT2D eigenvalue weighted by Crippen LogP contribution is -2.49. The summed E-state index contributed by atoms with van der Waals surface area (Å²) in [5, 5.41) is 8.67. The molecule has 1 saturated heterocycles. The molecule has 8 heteroatoms. The van der Waals surface area contributed by atoms with Crippen LogP contribution in [0.4, 0.5) is 0 Å². The first-order valence-electron chi connectivity index (χ1n) is 6.15. The van der Waals surface area contributed by atoms with E-state index in [2.05, 4.69) is 36.8 Å². The Labute approximate surface area is 137 Å². The maximum absolute atomic E-state index is 12.4. The number of piperazine rings is 1. The summed E-state index contributed by atoms with van der Waals surface area (Å²) >= 11 is 8.26. The minimum atomic E-state index is -0.782. The smallest absolute Gasteiger partial charge is 0.304 e. The predicted octanol–water partition coefficient (Wildman–Crippen LogP) is 2.51. The third-order valence-corrected chi connectivity index (χ3v) is 5.53. The number of aliphatic carboxylic acids is 1. The standard InChI is InChI=1S/C12H14Br2N2O3S/c13-9-7-8(11(14)20-9)12(19)16-5-3-15(4-6-16)2-1-10(17)18/h7H,1-6H2,(H,17,18). The second-order valence-electron chi connectivity index (χ2n) is 4.52. The third-order valence-electron chi connectivity index (χ3n) is 3.19. The number of carboxylic acid groups (broad SMARTS) is 1. The molecule has 1 aromatic heterocycles. The molecule has 1 aromatic rings. The fourth-order valence-electron chi connectivity index (χ4n) is 2.08. The topological polar surface area (TPSA) is 60.9 Å².